The van der Waals surface area contributed by atoms with Crippen molar-refractivity contribution in [3.05, 3.63) is 38.6 Å². The van der Waals surface area contributed by atoms with Gasteiger partial charge in [-0.3, -0.25) is 9.78 Å². The van der Waals surface area contributed by atoms with Crippen molar-refractivity contribution in [2.45, 2.75) is 20.3 Å². The molecule has 4 N–H and O–H groups in total. The van der Waals surface area contributed by atoms with Crippen LogP contribution in [0.15, 0.2) is 23.1 Å². The highest BCUT2D eigenvalue weighted by molar-refractivity contribution is 7.14. The number of amides is 1. The molecule has 0 saturated carbocycles. The summed E-state index contributed by atoms with van der Waals surface area (Å²) in [5.41, 5.74) is 5.31. The number of nitrogens with two attached hydrogens (primary N) is 1. The number of H-pyrrole nitrogens is 1. The molecule has 0 spiro atoms. The zero-order chi connectivity index (χ0) is 14.7. The lowest BCUT2D eigenvalue weighted by Gasteiger charge is -2.05. The van der Waals surface area contributed by atoms with Gasteiger partial charge in [0.1, 0.15) is 5.82 Å². The largest absolute Gasteiger partial charge is 0.395 e. The van der Waals surface area contributed by atoms with Crippen LogP contribution in [0.25, 0.3) is 0 Å². The molecule has 2 aromatic heterocycles. The van der Waals surface area contributed by atoms with E-state index >= 15 is 0 Å². The molecule has 2 heterocycles. The fourth-order valence-electron chi connectivity index (χ4n) is 1.69. The Balaban J connectivity index is 2.13. The third-order valence-corrected chi connectivity index (χ3v) is 3.68. The summed E-state index contributed by atoms with van der Waals surface area (Å²) in [7, 11) is 0. The molecule has 2 aromatic rings. The summed E-state index contributed by atoms with van der Waals surface area (Å²) in [4.78, 5) is 30.8. The molecule has 1 amide bonds. The standard InChI is InChI=1S/C13H16N4O2S/c1-7(2)5-8-3-4-10(20-8)12(18)16-11-9(14)6-15-13(19)17-11/h3-4,6-7H,5,14H2,1-2H3,(H2,15,16,17,18,19). The summed E-state index contributed by atoms with van der Waals surface area (Å²) in [6, 6.07) is 3.71. The van der Waals surface area contributed by atoms with Crippen LogP contribution < -0.4 is 16.7 Å². The first-order valence-electron chi connectivity index (χ1n) is 6.20. The van der Waals surface area contributed by atoms with E-state index in [9.17, 15) is 9.59 Å². The van der Waals surface area contributed by atoms with Gasteiger partial charge in [0, 0.05) is 4.88 Å². The van der Waals surface area contributed by atoms with E-state index in [1.165, 1.54) is 17.5 Å². The summed E-state index contributed by atoms with van der Waals surface area (Å²) in [6.45, 7) is 4.25. The molecule has 0 aliphatic carbocycles. The molecule has 0 fully saturated rings. The Morgan fingerprint density at radius 3 is 2.95 bits per heavy atom. The second-order valence-corrected chi connectivity index (χ2v) is 6.01. The normalized spacial score (nSPS) is 10.8. The number of aromatic amines is 1. The number of rotatable bonds is 4. The average molecular weight is 292 g/mol. The van der Waals surface area contributed by atoms with Crippen LogP contribution in [-0.4, -0.2) is 15.9 Å². The number of carbonyl (C=O) groups is 1. The van der Waals surface area contributed by atoms with Gasteiger partial charge in [-0.05, 0) is 24.5 Å². The van der Waals surface area contributed by atoms with Gasteiger partial charge in [0.2, 0.25) is 0 Å². The van der Waals surface area contributed by atoms with Crippen molar-refractivity contribution in [1.82, 2.24) is 9.97 Å². The fraction of sp³-hybridized carbons (Fsp3) is 0.308. The molecule has 0 aliphatic rings. The maximum Gasteiger partial charge on any atom is 0.346 e. The van der Waals surface area contributed by atoms with E-state index in [0.717, 1.165) is 11.3 Å². The van der Waals surface area contributed by atoms with Crippen LogP contribution >= 0.6 is 11.3 Å². The van der Waals surface area contributed by atoms with Gasteiger partial charge in [0.05, 0.1) is 16.8 Å². The summed E-state index contributed by atoms with van der Waals surface area (Å²) in [6.07, 6.45) is 2.15. The second-order valence-electron chi connectivity index (χ2n) is 4.84. The zero-order valence-corrected chi connectivity index (χ0v) is 12.1. The van der Waals surface area contributed by atoms with Crippen molar-refractivity contribution in [2.75, 3.05) is 11.1 Å². The maximum absolute atomic E-state index is 12.1. The molecule has 0 aliphatic heterocycles. The Morgan fingerprint density at radius 1 is 1.50 bits per heavy atom. The van der Waals surface area contributed by atoms with Crippen LogP contribution in [0.1, 0.15) is 28.4 Å². The quantitative estimate of drug-likeness (QED) is 0.800. The molecule has 0 radical (unpaired) electrons. The predicted octanol–water partition coefficient (Wildman–Crippen LogP) is 1.86. The van der Waals surface area contributed by atoms with Gasteiger partial charge >= 0.3 is 5.69 Å². The van der Waals surface area contributed by atoms with Gasteiger partial charge in [-0.1, -0.05) is 13.8 Å². The first kappa shape index (κ1) is 14.3. The zero-order valence-electron chi connectivity index (χ0n) is 11.3. The van der Waals surface area contributed by atoms with Crippen molar-refractivity contribution < 1.29 is 4.79 Å². The molecule has 6 nitrogen and oxygen atoms in total. The topological polar surface area (TPSA) is 101 Å². The fourth-order valence-corrected chi connectivity index (χ4v) is 2.81. The molecule has 2 rings (SSSR count). The van der Waals surface area contributed by atoms with E-state index in [0.29, 0.717) is 10.8 Å². The third kappa shape index (κ3) is 3.45. The van der Waals surface area contributed by atoms with Gasteiger partial charge < -0.3 is 11.1 Å². The monoisotopic (exact) mass is 292 g/mol. The second kappa shape index (κ2) is 5.87. The third-order valence-electron chi connectivity index (χ3n) is 2.57. The van der Waals surface area contributed by atoms with Crippen LogP contribution in [0.2, 0.25) is 0 Å². The minimum atomic E-state index is -0.554. The molecular weight excluding hydrogens is 276 g/mol. The van der Waals surface area contributed by atoms with Gasteiger partial charge in [-0.2, -0.15) is 4.98 Å². The van der Waals surface area contributed by atoms with Gasteiger partial charge in [0.15, 0.2) is 0 Å². The number of nitrogens with one attached hydrogen (secondary N) is 2. The van der Waals surface area contributed by atoms with Gasteiger partial charge in [-0.15, -0.1) is 11.3 Å². The van der Waals surface area contributed by atoms with Gasteiger partial charge in [0.25, 0.3) is 5.91 Å². The number of thiophene rings is 1. The number of aromatic nitrogens is 2. The summed E-state index contributed by atoms with van der Waals surface area (Å²) in [5.74, 6) is 0.420. The molecule has 0 aromatic carbocycles. The van der Waals surface area contributed by atoms with E-state index < -0.39 is 5.69 Å². The minimum Gasteiger partial charge on any atom is -0.395 e. The number of carbonyl (C=O) groups excluding carboxylic acids is 1. The molecular formula is C13H16N4O2S. The molecule has 106 valence electrons. The van der Waals surface area contributed by atoms with Crippen LogP contribution in [0.5, 0.6) is 0 Å². The van der Waals surface area contributed by atoms with Gasteiger partial charge in [-0.25, -0.2) is 4.79 Å². The lowest BCUT2D eigenvalue weighted by molar-refractivity contribution is 0.103. The van der Waals surface area contributed by atoms with Crippen molar-refractivity contribution in [3.8, 4) is 0 Å². The Kier molecular flexibility index (Phi) is 4.19. The van der Waals surface area contributed by atoms with E-state index in [4.69, 9.17) is 5.73 Å². The van der Waals surface area contributed by atoms with Crippen LogP contribution in [-0.2, 0) is 6.42 Å². The Hall–Kier alpha value is -2.15. The average Bonchev–Trinajstić information content (AvgIpc) is 2.81. The minimum absolute atomic E-state index is 0.175. The first-order chi connectivity index (χ1) is 9.45. The molecule has 7 heteroatoms. The number of nitrogen functional groups attached to an aromatic ring is 1. The van der Waals surface area contributed by atoms with E-state index in [2.05, 4.69) is 29.1 Å². The first-order valence-corrected chi connectivity index (χ1v) is 7.02. The number of hydrogen-bond donors (Lipinski definition) is 3. The maximum atomic E-state index is 12.1. The molecule has 20 heavy (non-hydrogen) atoms. The van der Waals surface area contributed by atoms with E-state index in [1.54, 1.807) is 6.07 Å². The van der Waals surface area contributed by atoms with E-state index in [1.807, 2.05) is 6.07 Å². The van der Waals surface area contributed by atoms with Crippen LogP contribution in [0, 0.1) is 5.92 Å². The highest BCUT2D eigenvalue weighted by Gasteiger charge is 2.12. The lowest BCUT2D eigenvalue weighted by atomic mass is 10.1. The van der Waals surface area contributed by atoms with Crippen LogP contribution in [0.4, 0.5) is 11.5 Å². The smallest absolute Gasteiger partial charge is 0.346 e. The summed E-state index contributed by atoms with van der Waals surface area (Å²) < 4.78 is 0. The summed E-state index contributed by atoms with van der Waals surface area (Å²) in [5, 5.41) is 2.58. The van der Waals surface area contributed by atoms with Crippen molar-refractivity contribution in [1.29, 1.82) is 0 Å². The van der Waals surface area contributed by atoms with E-state index in [-0.39, 0.29) is 17.4 Å². The molecule has 0 unspecified atom stereocenters. The highest BCUT2D eigenvalue weighted by atomic mass is 32.1. The number of anilines is 2. The van der Waals surface area contributed by atoms with Crippen molar-refractivity contribution >= 4 is 28.7 Å². The predicted molar refractivity (Wildman–Crippen MR) is 80.1 cm³/mol. The Labute approximate surface area is 120 Å². The SMILES string of the molecule is CC(C)Cc1ccc(C(=O)Nc2[nH]c(=O)ncc2N)s1. The molecule has 0 bridgehead atoms. The van der Waals surface area contributed by atoms with Crippen molar-refractivity contribution in [3.63, 3.8) is 0 Å². The van der Waals surface area contributed by atoms with Crippen molar-refractivity contribution in [2.24, 2.45) is 5.92 Å². The summed E-state index contributed by atoms with van der Waals surface area (Å²) >= 11 is 1.44. The Bertz CT molecular complexity index is 675. The number of nitrogens with zero attached hydrogens (tertiary/aromatic N) is 1. The highest BCUT2D eigenvalue weighted by Crippen LogP contribution is 2.21. The molecule has 0 saturated heterocycles. The van der Waals surface area contributed by atoms with Crippen LogP contribution in [0.3, 0.4) is 0 Å². The molecule has 0 atom stereocenters. The Morgan fingerprint density at radius 2 is 2.25 bits per heavy atom. The number of hydrogen-bond acceptors (Lipinski definition) is 5. The lowest BCUT2D eigenvalue weighted by Crippen LogP contribution is -2.19.